The number of rotatable bonds is 2. The van der Waals surface area contributed by atoms with Gasteiger partial charge in [0.2, 0.25) is 0 Å². The summed E-state index contributed by atoms with van der Waals surface area (Å²) in [6, 6.07) is 8.94. The van der Waals surface area contributed by atoms with Gasteiger partial charge in [0, 0.05) is 16.8 Å². The summed E-state index contributed by atoms with van der Waals surface area (Å²) in [7, 11) is 0. The van der Waals surface area contributed by atoms with Gasteiger partial charge in [0.25, 0.3) is 5.91 Å². The van der Waals surface area contributed by atoms with Gasteiger partial charge in [-0.3, -0.25) is 4.79 Å². The standard InChI is InChI=1S/C16H20N2O2.2C2H6/c1-10-5-6-11(9-12(10)17)18-15(19)13-7-8-14(20-13)16(2,3)4;2*1-2/h5-9H,17H2,1-4H3,(H,18,19);2*1-2H3. The van der Waals surface area contributed by atoms with Gasteiger partial charge < -0.3 is 15.5 Å². The van der Waals surface area contributed by atoms with Crippen LogP contribution in [0.2, 0.25) is 0 Å². The van der Waals surface area contributed by atoms with E-state index in [1.165, 1.54) is 0 Å². The molecular formula is C20H32N2O2. The minimum Gasteiger partial charge on any atom is -0.455 e. The minimum atomic E-state index is -0.274. The molecule has 0 bridgehead atoms. The first-order chi connectivity index (χ1) is 11.3. The zero-order valence-electron chi connectivity index (χ0n) is 16.3. The second kappa shape index (κ2) is 9.81. The molecule has 4 heteroatoms. The molecule has 1 aromatic heterocycles. The van der Waals surface area contributed by atoms with Crippen LogP contribution in [0.3, 0.4) is 0 Å². The molecule has 0 saturated heterocycles. The summed E-state index contributed by atoms with van der Waals surface area (Å²) in [6.07, 6.45) is 0. The lowest BCUT2D eigenvalue weighted by atomic mass is 9.94. The Morgan fingerprint density at radius 1 is 1.04 bits per heavy atom. The second-order valence-corrected chi connectivity index (χ2v) is 5.94. The van der Waals surface area contributed by atoms with Crippen LogP contribution in [0.25, 0.3) is 0 Å². The van der Waals surface area contributed by atoms with E-state index in [4.69, 9.17) is 10.2 Å². The fraction of sp³-hybridized carbons (Fsp3) is 0.450. The highest BCUT2D eigenvalue weighted by atomic mass is 16.4. The van der Waals surface area contributed by atoms with Crippen LogP contribution in [-0.2, 0) is 5.41 Å². The van der Waals surface area contributed by atoms with Crippen molar-refractivity contribution in [3.05, 3.63) is 47.4 Å². The van der Waals surface area contributed by atoms with Crippen LogP contribution in [0, 0.1) is 6.92 Å². The normalized spacial score (nSPS) is 10.0. The van der Waals surface area contributed by atoms with Gasteiger partial charge in [-0.15, -0.1) is 0 Å². The van der Waals surface area contributed by atoms with Crippen molar-refractivity contribution in [3.63, 3.8) is 0 Å². The molecule has 0 spiro atoms. The van der Waals surface area contributed by atoms with Crippen LogP contribution in [0.4, 0.5) is 11.4 Å². The average Bonchev–Trinajstić information content (AvgIpc) is 3.05. The molecule has 0 aliphatic heterocycles. The molecule has 24 heavy (non-hydrogen) atoms. The van der Waals surface area contributed by atoms with Crippen LogP contribution < -0.4 is 11.1 Å². The maximum atomic E-state index is 12.1. The van der Waals surface area contributed by atoms with E-state index in [-0.39, 0.29) is 11.3 Å². The monoisotopic (exact) mass is 332 g/mol. The van der Waals surface area contributed by atoms with E-state index >= 15 is 0 Å². The van der Waals surface area contributed by atoms with Gasteiger partial charge in [-0.05, 0) is 36.8 Å². The Hall–Kier alpha value is -2.23. The number of furan rings is 1. The third-order valence-corrected chi connectivity index (χ3v) is 3.11. The molecule has 0 atom stereocenters. The molecular weight excluding hydrogens is 300 g/mol. The predicted molar refractivity (Wildman–Crippen MR) is 104 cm³/mol. The summed E-state index contributed by atoms with van der Waals surface area (Å²) in [5.74, 6) is 0.809. The van der Waals surface area contributed by atoms with Crippen LogP contribution in [-0.4, -0.2) is 5.91 Å². The van der Waals surface area contributed by atoms with Crippen LogP contribution in [0.15, 0.2) is 34.7 Å². The fourth-order valence-corrected chi connectivity index (χ4v) is 1.77. The molecule has 2 aromatic rings. The Labute approximate surface area is 146 Å². The van der Waals surface area contributed by atoms with Crippen LogP contribution in [0.5, 0.6) is 0 Å². The molecule has 0 unspecified atom stereocenters. The molecule has 1 aromatic carbocycles. The van der Waals surface area contributed by atoms with E-state index in [0.29, 0.717) is 17.1 Å². The number of carbonyl (C=O) groups excluding carboxylic acids is 1. The summed E-state index contributed by atoms with van der Waals surface area (Å²) in [5.41, 5.74) is 8.00. The summed E-state index contributed by atoms with van der Waals surface area (Å²) in [4.78, 5) is 12.1. The highest BCUT2D eigenvalue weighted by Gasteiger charge is 2.20. The number of carbonyl (C=O) groups is 1. The topological polar surface area (TPSA) is 68.3 Å². The summed E-state index contributed by atoms with van der Waals surface area (Å²) in [5, 5.41) is 2.78. The third kappa shape index (κ3) is 6.11. The molecule has 0 aliphatic carbocycles. The number of nitrogen functional groups attached to an aromatic ring is 1. The van der Waals surface area contributed by atoms with Gasteiger partial charge in [0.05, 0.1) is 0 Å². The Bertz CT molecular complexity index is 637. The largest absolute Gasteiger partial charge is 0.455 e. The van der Waals surface area contributed by atoms with Gasteiger partial charge in [-0.1, -0.05) is 54.5 Å². The number of nitrogens with two attached hydrogens (primary N) is 1. The Balaban J connectivity index is 0.00000123. The summed E-state index contributed by atoms with van der Waals surface area (Å²) >= 11 is 0. The zero-order chi connectivity index (χ0) is 18.9. The number of benzene rings is 1. The number of anilines is 2. The molecule has 1 heterocycles. The number of nitrogens with one attached hydrogen (secondary N) is 1. The van der Waals surface area contributed by atoms with Crippen molar-refractivity contribution < 1.29 is 9.21 Å². The van der Waals surface area contributed by atoms with Gasteiger partial charge in [0.15, 0.2) is 5.76 Å². The molecule has 2 rings (SSSR count). The van der Waals surface area contributed by atoms with Gasteiger partial charge >= 0.3 is 0 Å². The number of hydrogen-bond donors (Lipinski definition) is 2. The number of amides is 1. The van der Waals surface area contributed by atoms with Gasteiger partial charge in [-0.2, -0.15) is 0 Å². The van der Waals surface area contributed by atoms with Gasteiger partial charge in [-0.25, -0.2) is 0 Å². The smallest absolute Gasteiger partial charge is 0.291 e. The van der Waals surface area contributed by atoms with Crippen LogP contribution in [0.1, 0.15) is 70.3 Å². The van der Waals surface area contributed by atoms with Crippen molar-refractivity contribution in [3.8, 4) is 0 Å². The van der Waals surface area contributed by atoms with E-state index in [2.05, 4.69) is 5.32 Å². The molecule has 0 radical (unpaired) electrons. The van der Waals surface area contributed by atoms with E-state index < -0.39 is 0 Å². The molecule has 0 saturated carbocycles. The summed E-state index contributed by atoms with van der Waals surface area (Å²) < 4.78 is 5.59. The third-order valence-electron chi connectivity index (χ3n) is 3.11. The van der Waals surface area contributed by atoms with Crippen molar-refractivity contribution >= 4 is 17.3 Å². The van der Waals surface area contributed by atoms with Crippen molar-refractivity contribution in [1.82, 2.24) is 0 Å². The quantitative estimate of drug-likeness (QED) is 0.686. The predicted octanol–water partition coefficient (Wildman–Crippen LogP) is 5.77. The number of aryl methyl sites for hydroxylation is 1. The Morgan fingerprint density at radius 3 is 2.08 bits per heavy atom. The molecule has 1 amide bonds. The molecule has 3 N–H and O–H groups in total. The van der Waals surface area contributed by atoms with E-state index in [0.717, 1.165) is 11.3 Å². The second-order valence-electron chi connectivity index (χ2n) is 5.94. The summed E-state index contributed by atoms with van der Waals surface area (Å²) in [6.45, 7) is 16.0. The van der Waals surface area contributed by atoms with E-state index in [1.54, 1.807) is 12.1 Å². The molecule has 0 aliphatic rings. The van der Waals surface area contributed by atoms with E-state index in [1.807, 2.05) is 73.6 Å². The first kappa shape index (κ1) is 21.8. The molecule has 4 nitrogen and oxygen atoms in total. The SMILES string of the molecule is CC.CC.Cc1ccc(NC(=O)c2ccc(C(C)(C)C)o2)cc1N. The van der Waals surface area contributed by atoms with E-state index in [9.17, 15) is 4.79 Å². The lowest BCUT2D eigenvalue weighted by Crippen LogP contribution is -2.12. The maximum Gasteiger partial charge on any atom is 0.291 e. The molecule has 134 valence electrons. The first-order valence-corrected chi connectivity index (χ1v) is 8.55. The fourth-order valence-electron chi connectivity index (χ4n) is 1.77. The highest BCUT2D eigenvalue weighted by Crippen LogP contribution is 2.25. The number of hydrogen-bond acceptors (Lipinski definition) is 3. The van der Waals surface area contributed by atoms with Crippen molar-refractivity contribution in [1.29, 1.82) is 0 Å². The lowest BCUT2D eigenvalue weighted by molar-refractivity contribution is 0.0993. The Kier molecular flexibility index (Phi) is 8.90. The maximum absolute atomic E-state index is 12.1. The highest BCUT2D eigenvalue weighted by molar-refractivity contribution is 6.02. The average molecular weight is 332 g/mol. The zero-order valence-corrected chi connectivity index (χ0v) is 16.3. The van der Waals surface area contributed by atoms with Crippen LogP contribution >= 0.6 is 0 Å². The van der Waals surface area contributed by atoms with Crippen molar-refractivity contribution in [2.45, 2.75) is 60.8 Å². The lowest BCUT2D eigenvalue weighted by Gasteiger charge is -2.14. The minimum absolute atomic E-state index is 0.118. The van der Waals surface area contributed by atoms with Gasteiger partial charge in [0.1, 0.15) is 5.76 Å². The van der Waals surface area contributed by atoms with Crippen molar-refractivity contribution in [2.24, 2.45) is 0 Å². The van der Waals surface area contributed by atoms with Crippen molar-refractivity contribution in [2.75, 3.05) is 11.1 Å². The Morgan fingerprint density at radius 2 is 1.62 bits per heavy atom. The molecule has 0 fully saturated rings. The first-order valence-electron chi connectivity index (χ1n) is 8.55.